The van der Waals surface area contributed by atoms with Crippen LogP contribution >= 0.6 is 31.9 Å². The summed E-state index contributed by atoms with van der Waals surface area (Å²) >= 11 is 6.80. The molecule has 0 saturated heterocycles. The van der Waals surface area contributed by atoms with E-state index in [0.29, 0.717) is 16.9 Å². The lowest BCUT2D eigenvalue weighted by Crippen LogP contribution is -2.11. The molecule has 0 bridgehead atoms. The minimum Gasteiger partial charge on any atom is -0.320 e. The molecule has 3 rings (SSSR count). The van der Waals surface area contributed by atoms with Gasteiger partial charge < -0.3 is 5.32 Å². The number of hydrogen-bond acceptors (Lipinski definition) is 3. The highest BCUT2D eigenvalue weighted by Gasteiger charge is 2.09. The molecule has 124 valence electrons. The standard InChI is InChI=1S/C19H13Br2N3O/c20-14-6-9-16(10-7-14)23-24-17-11-8-15(21)12-18(17)22-19(25)13-4-2-1-3-5-13/h1-12H,(H,22,25). The first-order chi connectivity index (χ1) is 12.1. The summed E-state index contributed by atoms with van der Waals surface area (Å²) in [5.74, 6) is -0.196. The molecule has 0 saturated carbocycles. The molecule has 0 aromatic heterocycles. The van der Waals surface area contributed by atoms with Crippen molar-refractivity contribution in [3.8, 4) is 0 Å². The van der Waals surface area contributed by atoms with E-state index in [0.717, 1.165) is 14.6 Å². The zero-order valence-corrected chi connectivity index (χ0v) is 16.2. The number of rotatable bonds is 4. The van der Waals surface area contributed by atoms with E-state index in [1.54, 1.807) is 24.3 Å². The number of carbonyl (C=O) groups is 1. The molecule has 4 nitrogen and oxygen atoms in total. The van der Waals surface area contributed by atoms with Crippen LogP contribution in [-0.4, -0.2) is 5.91 Å². The number of hydrogen-bond donors (Lipinski definition) is 1. The predicted octanol–water partition coefficient (Wildman–Crippen LogP) is 6.88. The zero-order chi connectivity index (χ0) is 17.6. The monoisotopic (exact) mass is 457 g/mol. The van der Waals surface area contributed by atoms with Gasteiger partial charge in [0, 0.05) is 14.5 Å². The lowest BCUT2D eigenvalue weighted by molar-refractivity contribution is 0.102. The largest absolute Gasteiger partial charge is 0.320 e. The van der Waals surface area contributed by atoms with Gasteiger partial charge in [-0.05, 0) is 54.6 Å². The molecule has 0 heterocycles. The van der Waals surface area contributed by atoms with E-state index >= 15 is 0 Å². The van der Waals surface area contributed by atoms with Crippen LogP contribution in [0.1, 0.15) is 10.4 Å². The summed E-state index contributed by atoms with van der Waals surface area (Å²) in [5, 5.41) is 11.4. The van der Waals surface area contributed by atoms with E-state index < -0.39 is 0 Å². The summed E-state index contributed by atoms with van der Waals surface area (Å²) in [6, 6.07) is 22.0. The fourth-order valence-electron chi connectivity index (χ4n) is 2.10. The third-order valence-corrected chi connectivity index (χ3v) is 4.36. The second-order valence-electron chi connectivity index (χ2n) is 5.16. The lowest BCUT2D eigenvalue weighted by atomic mass is 10.2. The van der Waals surface area contributed by atoms with Crippen LogP contribution < -0.4 is 5.32 Å². The molecule has 0 radical (unpaired) electrons. The molecule has 0 spiro atoms. The molecular formula is C19H13Br2N3O. The van der Waals surface area contributed by atoms with Crippen molar-refractivity contribution in [2.45, 2.75) is 0 Å². The third-order valence-electron chi connectivity index (χ3n) is 3.34. The third kappa shape index (κ3) is 4.84. The molecule has 0 fully saturated rings. The fourth-order valence-corrected chi connectivity index (χ4v) is 2.72. The topological polar surface area (TPSA) is 53.8 Å². The van der Waals surface area contributed by atoms with Crippen LogP contribution in [0.15, 0.2) is 92.0 Å². The van der Waals surface area contributed by atoms with Crippen molar-refractivity contribution >= 4 is 54.8 Å². The number of anilines is 1. The van der Waals surface area contributed by atoms with Gasteiger partial charge in [0.15, 0.2) is 0 Å². The Labute approximate surface area is 162 Å². The Hall–Kier alpha value is -2.31. The van der Waals surface area contributed by atoms with Gasteiger partial charge in [-0.25, -0.2) is 0 Å². The fraction of sp³-hybridized carbons (Fsp3) is 0. The van der Waals surface area contributed by atoms with E-state index in [1.165, 1.54) is 0 Å². The molecule has 3 aromatic carbocycles. The Balaban J connectivity index is 1.85. The van der Waals surface area contributed by atoms with Gasteiger partial charge in [0.05, 0.1) is 11.4 Å². The van der Waals surface area contributed by atoms with E-state index in [-0.39, 0.29) is 5.91 Å². The first-order valence-corrected chi connectivity index (χ1v) is 9.04. The molecule has 25 heavy (non-hydrogen) atoms. The number of benzene rings is 3. The maximum atomic E-state index is 12.4. The van der Waals surface area contributed by atoms with Crippen LogP contribution in [0, 0.1) is 0 Å². The van der Waals surface area contributed by atoms with Crippen molar-refractivity contribution in [1.82, 2.24) is 0 Å². The van der Waals surface area contributed by atoms with Gasteiger partial charge in [-0.15, -0.1) is 5.11 Å². The van der Waals surface area contributed by atoms with Gasteiger partial charge in [-0.2, -0.15) is 5.11 Å². The number of nitrogens with one attached hydrogen (secondary N) is 1. The zero-order valence-electron chi connectivity index (χ0n) is 13.0. The Morgan fingerprint density at radius 1 is 0.800 bits per heavy atom. The molecule has 0 aliphatic rings. The summed E-state index contributed by atoms with van der Waals surface area (Å²) < 4.78 is 1.82. The molecule has 6 heteroatoms. The van der Waals surface area contributed by atoms with Crippen molar-refractivity contribution in [2.75, 3.05) is 5.32 Å². The summed E-state index contributed by atoms with van der Waals surface area (Å²) in [4.78, 5) is 12.4. The first kappa shape index (κ1) is 17.5. The highest BCUT2D eigenvalue weighted by atomic mass is 79.9. The minimum atomic E-state index is -0.196. The minimum absolute atomic E-state index is 0.196. The molecular weight excluding hydrogens is 446 g/mol. The molecule has 1 N–H and O–H groups in total. The number of halogens is 2. The summed E-state index contributed by atoms with van der Waals surface area (Å²) in [7, 11) is 0. The summed E-state index contributed by atoms with van der Waals surface area (Å²) in [5.41, 5.74) is 2.48. The van der Waals surface area contributed by atoms with Crippen molar-refractivity contribution in [1.29, 1.82) is 0 Å². The van der Waals surface area contributed by atoms with Crippen molar-refractivity contribution < 1.29 is 4.79 Å². The molecule has 0 aliphatic carbocycles. The highest BCUT2D eigenvalue weighted by molar-refractivity contribution is 9.10. The van der Waals surface area contributed by atoms with E-state index in [4.69, 9.17) is 0 Å². The maximum Gasteiger partial charge on any atom is 0.255 e. The number of carbonyl (C=O) groups excluding carboxylic acids is 1. The number of azo groups is 1. The van der Waals surface area contributed by atoms with Gasteiger partial charge in [0.1, 0.15) is 5.69 Å². The molecule has 1 amide bonds. The quantitative estimate of drug-likeness (QED) is 0.425. The second kappa shape index (κ2) is 8.18. The molecule has 0 aliphatic heterocycles. The van der Waals surface area contributed by atoms with Crippen LogP contribution in [0.5, 0.6) is 0 Å². The average Bonchev–Trinajstić information content (AvgIpc) is 2.63. The van der Waals surface area contributed by atoms with Crippen molar-refractivity contribution in [3.63, 3.8) is 0 Å². The van der Waals surface area contributed by atoms with Crippen molar-refractivity contribution in [2.24, 2.45) is 10.2 Å². The van der Waals surface area contributed by atoms with Gasteiger partial charge in [0.25, 0.3) is 5.91 Å². The van der Waals surface area contributed by atoms with Crippen LogP contribution in [-0.2, 0) is 0 Å². The normalized spacial score (nSPS) is 10.8. The van der Waals surface area contributed by atoms with E-state index in [1.807, 2.05) is 48.5 Å². The average molecular weight is 459 g/mol. The van der Waals surface area contributed by atoms with Crippen molar-refractivity contribution in [3.05, 3.63) is 87.3 Å². The number of amides is 1. The smallest absolute Gasteiger partial charge is 0.255 e. The summed E-state index contributed by atoms with van der Waals surface area (Å²) in [6.45, 7) is 0. The van der Waals surface area contributed by atoms with E-state index in [2.05, 4.69) is 47.4 Å². The molecule has 0 unspecified atom stereocenters. The Kier molecular flexibility index (Phi) is 5.73. The first-order valence-electron chi connectivity index (χ1n) is 7.45. The highest BCUT2D eigenvalue weighted by Crippen LogP contribution is 2.30. The summed E-state index contributed by atoms with van der Waals surface area (Å²) in [6.07, 6.45) is 0. The predicted molar refractivity (Wildman–Crippen MR) is 107 cm³/mol. The van der Waals surface area contributed by atoms with Gasteiger partial charge in [-0.3, -0.25) is 4.79 Å². The van der Waals surface area contributed by atoms with E-state index in [9.17, 15) is 4.79 Å². The Morgan fingerprint density at radius 2 is 1.48 bits per heavy atom. The maximum absolute atomic E-state index is 12.4. The van der Waals surface area contributed by atoms with Gasteiger partial charge in [-0.1, -0.05) is 50.1 Å². The van der Waals surface area contributed by atoms with Gasteiger partial charge in [0.2, 0.25) is 0 Å². The van der Waals surface area contributed by atoms with Gasteiger partial charge >= 0.3 is 0 Å². The molecule has 0 atom stereocenters. The van der Waals surface area contributed by atoms with Crippen LogP contribution in [0.3, 0.4) is 0 Å². The molecule has 3 aromatic rings. The Bertz CT molecular complexity index is 910. The number of nitrogens with zero attached hydrogens (tertiary/aromatic N) is 2. The second-order valence-corrected chi connectivity index (χ2v) is 6.99. The SMILES string of the molecule is O=C(Nc1cc(Br)ccc1N=Nc1ccc(Br)cc1)c1ccccc1. The van der Waals surface area contributed by atoms with Crippen LogP contribution in [0.25, 0.3) is 0 Å². The Morgan fingerprint density at radius 3 is 2.20 bits per heavy atom. The van der Waals surface area contributed by atoms with Crippen LogP contribution in [0.2, 0.25) is 0 Å². The van der Waals surface area contributed by atoms with Crippen LogP contribution in [0.4, 0.5) is 17.1 Å². The lowest BCUT2D eigenvalue weighted by Gasteiger charge is -2.08.